The zero-order valence-corrected chi connectivity index (χ0v) is 14.4. The van der Waals surface area contributed by atoms with Gasteiger partial charge in [-0.3, -0.25) is 14.7 Å². The first kappa shape index (κ1) is 16.0. The van der Waals surface area contributed by atoms with E-state index in [1.807, 2.05) is 12.3 Å². The fourth-order valence-corrected chi connectivity index (χ4v) is 3.38. The van der Waals surface area contributed by atoms with Crippen LogP contribution in [-0.4, -0.2) is 51.0 Å². The number of aromatic nitrogens is 4. The molecule has 3 N–H and O–H groups in total. The van der Waals surface area contributed by atoms with Crippen molar-refractivity contribution < 1.29 is 0 Å². The molecule has 132 valence electrons. The van der Waals surface area contributed by atoms with E-state index in [2.05, 4.69) is 31.8 Å². The third-order valence-electron chi connectivity index (χ3n) is 4.94. The van der Waals surface area contributed by atoms with Gasteiger partial charge in [0.25, 0.3) is 5.56 Å². The van der Waals surface area contributed by atoms with E-state index >= 15 is 0 Å². The first-order chi connectivity index (χ1) is 12.1. The van der Waals surface area contributed by atoms with Crippen LogP contribution in [-0.2, 0) is 6.54 Å². The van der Waals surface area contributed by atoms with Crippen molar-refractivity contribution in [2.75, 3.05) is 30.8 Å². The molecule has 0 aromatic carbocycles. The molecule has 1 unspecified atom stereocenters. The highest BCUT2D eigenvalue weighted by atomic mass is 16.1. The van der Waals surface area contributed by atoms with Crippen LogP contribution in [0.15, 0.2) is 23.1 Å². The predicted octanol–water partition coefficient (Wildman–Crippen LogP) is 0.730. The zero-order chi connectivity index (χ0) is 17.4. The Morgan fingerprint density at radius 2 is 2.20 bits per heavy atom. The molecule has 0 amide bonds. The molecule has 3 heterocycles. The summed E-state index contributed by atoms with van der Waals surface area (Å²) in [6.45, 7) is 2.49. The van der Waals surface area contributed by atoms with Gasteiger partial charge in [0, 0.05) is 43.9 Å². The Balaban J connectivity index is 1.41. The van der Waals surface area contributed by atoms with Crippen molar-refractivity contribution in [3.05, 3.63) is 40.2 Å². The number of nitrogens with one attached hydrogen (secondary N) is 1. The second kappa shape index (κ2) is 6.44. The number of aromatic amines is 1. The van der Waals surface area contributed by atoms with Gasteiger partial charge in [-0.1, -0.05) is 0 Å². The maximum Gasteiger partial charge on any atom is 0.252 e. The molecule has 8 heteroatoms. The molecule has 1 aliphatic heterocycles. The Bertz CT molecular complexity index is 817. The summed E-state index contributed by atoms with van der Waals surface area (Å²) in [4.78, 5) is 31.9. The molecule has 8 nitrogen and oxygen atoms in total. The fraction of sp³-hybridized carbons (Fsp3) is 0.529. The molecule has 25 heavy (non-hydrogen) atoms. The fourth-order valence-electron chi connectivity index (χ4n) is 3.38. The number of nitrogen functional groups attached to an aromatic ring is 1. The van der Waals surface area contributed by atoms with Crippen LogP contribution in [0.2, 0.25) is 0 Å². The molecule has 2 fully saturated rings. The monoisotopic (exact) mass is 341 g/mol. The molecule has 1 saturated heterocycles. The molecule has 0 spiro atoms. The summed E-state index contributed by atoms with van der Waals surface area (Å²) in [5.41, 5.74) is 6.11. The van der Waals surface area contributed by atoms with Crippen LogP contribution in [0.25, 0.3) is 0 Å². The van der Waals surface area contributed by atoms with Crippen LogP contribution in [0.1, 0.15) is 36.7 Å². The smallest absolute Gasteiger partial charge is 0.252 e. The summed E-state index contributed by atoms with van der Waals surface area (Å²) in [5, 5.41) is 0. The van der Waals surface area contributed by atoms with Crippen LogP contribution >= 0.6 is 0 Å². The molecule has 1 atom stereocenters. The lowest BCUT2D eigenvalue weighted by Crippen LogP contribution is -2.35. The second-order valence-corrected chi connectivity index (χ2v) is 6.97. The molecule has 1 aliphatic carbocycles. The molecule has 0 bridgehead atoms. The van der Waals surface area contributed by atoms with Gasteiger partial charge < -0.3 is 10.6 Å². The van der Waals surface area contributed by atoms with Gasteiger partial charge in [0.1, 0.15) is 11.6 Å². The first-order valence-corrected chi connectivity index (χ1v) is 8.72. The van der Waals surface area contributed by atoms with Crippen LogP contribution in [0, 0.1) is 0 Å². The Kier molecular flexibility index (Phi) is 4.12. The van der Waals surface area contributed by atoms with E-state index in [4.69, 9.17) is 10.7 Å². The predicted molar refractivity (Wildman–Crippen MR) is 95.4 cm³/mol. The Morgan fingerprint density at radius 1 is 1.36 bits per heavy atom. The molecular formula is C17H23N7O. The third-order valence-corrected chi connectivity index (χ3v) is 4.94. The molecule has 0 radical (unpaired) electrons. The van der Waals surface area contributed by atoms with Crippen LogP contribution in [0.4, 0.5) is 11.8 Å². The number of nitrogens with zero attached hydrogens (tertiary/aromatic N) is 5. The highest BCUT2D eigenvalue weighted by Crippen LogP contribution is 2.38. The van der Waals surface area contributed by atoms with Gasteiger partial charge in [-0.15, -0.1) is 0 Å². The highest BCUT2D eigenvalue weighted by molar-refractivity contribution is 5.40. The topological polar surface area (TPSA) is 104 Å². The number of anilines is 2. The van der Waals surface area contributed by atoms with Crippen molar-refractivity contribution in [1.29, 1.82) is 0 Å². The summed E-state index contributed by atoms with van der Waals surface area (Å²) in [6.07, 6.45) is 5.34. The van der Waals surface area contributed by atoms with Crippen molar-refractivity contribution in [2.24, 2.45) is 0 Å². The van der Waals surface area contributed by atoms with Crippen molar-refractivity contribution in [2.45, 2.75) is 37.8 Å². The molecule has 1 saturated carbocycles. The van der Waals surface area contributed by atoms with Gasteiger partial charge >= 0.3 is 0 Å². The maximum atomic E-state index is 11.5. The average Bonchev–Trinajstić information content (AvgIpc) is 3.30. The van der Waals surface area contributed by atoms with Crippen LogP contribution < -0.4 is 16.2 Å². The number of hydrogen-bond donors (Lipinski definition) is 2. The third kappa shape index (κ3) is 3.63. The van der Waals surface area contributed by atoms with Crippen LogP contribution in [0.3, 0.4) is 0 Å². The van der Waals surface area contributed by atoms with Gasteiger partial charge in [0.15, 0.2) is 0 Å². The lowest BCUT2D eigenvalue weighted by Gasteiger charge is -2.24. The molecule has 2 aromatic rings. The van der Waals surface area contributed by atoms with Crippen molar-refractivity contribution >= 4 is 11.8 Å². The number of hydrogen-bond acceptors (Lipinski definition) is 7. The molecule has 2 aliphatic rings. The summed E-state index contributed by atoms with van der Waals surface area (Å²) in [5.74, 6) is 2.73. The Hall–Kier alpha value is -2.48. The summed E-state index contributed by atoms with van der Waals surface area (Å²) >= 11 is 0. The lowest BCUT2D eigenvalue weighted by atomic mass is 10.2. The van der Waals surface area contributed by atoms with E-state index in [1.165, 1.54) is 18.9 Å². The van der Waals surface area contributed by atoms with Crippen molar-refractivity contribution in [3.63, 3.8) is 0 Å². The number of likely N-dealkylation sites (N-methyl/N-ethyl adjacent to an activating group) is 1. The molecular weight excluding hydrogens is 318 g/mol. The number of rotatable bonds is 5. The van der Waals surface area contributed by atoms with Gasteiger partial charge in [0.05, 0.1) is 5.69 Å². The Morgan fingerprint density at radius 3 is 2.96 bits per heavy atom. The van der Waals surface area contributed by atoms with E-state index in [-0.39, 0.29) is 11.5 Å². The molecule has 2 aromatic heterocycles. The number of nitrogens with two attached hydrogens (primary N) is 1. The molecule has 4 rings (SSSR count). The first-order valence-electron chi connectivity index (χ1n) is 8.72. The number of H-pyrrole nitrogens is 1. The Labute approximate surface area is 146 Å². The second-order valence-electron chi connectivity index (χ2n) is 6.97. The van der Waals surface area contributed by atoms with E-state index in [0.29, 0.717) is 24.2 Å². The van der Waals surface area contributed by atoms with Crippen LogP contribution in [0.5, 0.6) is 0 Å². The zero-order valence-electron chi connectivity index (χ0n) is 14.4. The van der Waals surface area contributed by atoms with Gasteiger partial charge in [-0.2, -0.15) is 0 Å². The minimum Gasteiger partial charge on any atom is -0.369 e. The van der Waals surface area contributed by atoms with E-state index in [1.54, 1.807) is 0 Å². The minimum absolute atomic E-state index is 0.164. The largest absolute Gasteiger partial charge is 0.369 e. The average molecular weight is 341 g/mol. The quantitative estimate of drug-likeness (QED) is 0.826. The standard InChI is InChI=1S/C17H23N7O/c1-23(9-12-8-15(25)22-17(18)20-12)13-5-7-24(10-13)14-4-6-19-16(21-14)11-2-3-11/h4,6,8,11,13H,2-3,5,7,9-10H2,1H3,(H3,18,20,22,25). The van der Waals surface area contributed by atoms with Gasteiger partial charge in [-0.25, -0.2) is 15.0 Å². The highest BCUT2D eigenvalue weighted by Gasteiger charge is 2.30. The van der Waals surface area contributed by atoms with Crippen molar-refractivity contribution in [1.82, 2.24) is 24.8 Å². The maximum absolute atomic E-state index is 11.5. The normalized spacial score (nSPS) is 20.4. The van der Waals surface area contributed by atoms with Gasteiger partial charge in [-0.05, 0) is 32.4 Å². The summed E-state index contributed by atoms with van der Waals surface area (Å²) < 4.78 is 0. The van der Waals surface area contributed by atoms with E-state index < -0.39 is 0 Å². The summed E-state index contributed by atoms with van der Waals surface area (Å²) in [7, 11) is 2.06. The van der Waals surface area contributed by atoms with Gasteiger partial charge in [0.2, 0.25) is 5.95 Å². The summed E-state index contributed by atoms with van der Waals surface area (Å²) in [6, 6.07) is 3.89. The van der Waals surface area contributed by atoms with Crippen molar-refractivity contribution in [3.8, 4) is 0 Å². The van der Waals surface area contributed by atoms with E-state index in [9.17, 15) is 4.79 Å². The SMILES string of the molecule is CN(Cc1cc(=O)[nH]c(N)n1)C1CCN(c2ccnc(C3CC3)n2)C1. The lowest BCUT2D eigenvalue weighted by molar-refractivity contribution is 0.247. The minimum atomic E-state index is -0.211. The van der Waals surface area contributed by atoms with E-state index in [0.717, 1.165) is 31.2 Å².